The van der Waals surface area contributed by atoms with Crippen LogP contribution in [0.2, 0.25) is 0 Å². The van der Waals surface area contributed by atoms with E-state index in [4.69, 9.17) is 10.5 Å². The molecule has 0 saturated heterocycles. The molecule has 0 radical (unpaired) electrons. The molecular weight excluding hydrogens is 476 g/mol. The van der Waals surface area contributed by atoms with Crippen LogP contribution in [0.25, 0.3) is 10.9 Å². The Labute approximate surface area is 195 Å². The number of H-pyrrole nitrogens is 1. The summed E-state index contributed by atoms with van der Waals surface area (Å²) < 4.78 is 6.25. The number of carbonyl (C=O) groups excluding carboxylic acids is 3. The lowest BCUT2D eigenvalue weighted by molar-refractivity contribution is -0.147. The normalized spacial score (nSPS) is 18.7. The van der Waals surface area contributed by atoms with Gasteiger partial charge in [-0.3, -0.25) is 14.4 Å². The molecule has 4 rings (SSSR count). The number of hydrogen-bond acceptors (Lipinski definition) is 4. The first-order valence-corrected chi connectivity index (χ1v) is 11.9. The molecule has 172 valence electrons. The molecule has 2 saturated carbocycles. The van der Waals surface area contributed by atoms with E-state index >= 15 is 0 Å². The number of benzene rings is 1. The van der Waals surface area contributed by atoms with E-state index < -0.39 is 11.3 Å². The number of aromatic amines is 1. The first-order valence-electron chi connectivity index (χ1n) is 11.1. The number of nitrogens with one attached hydrogen (secondary N) is 3. The van der Waals surface area contributed by atoms with Crippen molar-refractivity contribution < 1.29 is 19.1 Å². The van der Waals surface area contributed by atoms with Crippen LogP contribution in [0, 0.1) is 11.3 Å². The molecule has 1 heterocycles. The van der Waals surface area contributed by atoms with Gasteiger partial charge in [0.05, 0.1) is 12.6 Å². The molecule has 2 aliphatic carbocycles. The quantitative estimate of drug-likeness (QED) is 0.412. The van der Waals surface area contributed by atoms with Crippen LogP contribution < -0.4 is 21.1 Å². The Hall–Kier alpha value is -2.55. The van der Waals surface area contributed by atoms with Crippen LogP contribution in [-0.2, 0) is 9.59 Å². The molecule has 1 aromatic heterocycles. The number of hydrogen-bond donors (Lipinski definition) is 4. The van der Waals surface area contributed by atoms with E-state index in [1.165, 1.54) is 0 Å². The summed E-state index contributed by atoms with van der Waals surface area (Å²) in [6, 6.07) is 5.25. The Morgan fingerprint density at radius 2 is 1.97 bits per heavy atom. The molecule has 2 fully saturated rings. The minimum atomic E-state index is -1.09. The maximum Gasteiger partial charge on any atom is 0.268 e. The predicted octanol–water partition coefficient (Wildman–Crippen LogP) is 3.00. The predicted molar refractivity (Wildman–Crippen MR) is 124 cm³/mol. The standard InChI is InChI=1S/C23H29BrN4O4/c1-32-18-8-7-15(24)19-14(18)11-16(27-19)20(29)28-17(13-5-2-3-6-13)12-26-22(31)23(21(25)30)9-4-10-23/h7-8,11,13,17,27H,2-6,9-10,12H2,1H3,(H2,25,30)(H,26,31)(H,28,29). The van der Waals surface area contributed by atoms with Gasteiger partial charge in [0.25, 0.3) is 5.91 Å². The molecule has 0 spiro atoms. The third-order valence-electron chi connectivity index (χ3n) is 7.05. The van der Waals surface area contributed by atoms with E-state index in [9.17, 15) is 14.4 Å². The number of amides is 3. The van der Waals surface area contributed by atoms with Gasteiger partial charge in [-0.05, 0) is 65.7 Å². The molecule has 8 nitrogen and oxygen atoms in total. The number of rotatable bonds is 8. The molecule has 3 amide bonds. The number of ether oxygens (including phenoxy) is 1. The minimum absolute atomic E-state index is 0.226. The second kappa shape index (κ2) is 9.13. The van der Waals surface area contributed by atoms with Gasteiger partial charge in [-0.25, -0.2) is 0 Å². The fourth-order valence-corrected chi connectivity index (χ4v) is 5.33. The van der Waals surface area contributed by atoms with E-state index in [1.54, 1.807) is 13.2 Å². The topological polar surface area (TPSA) is 126 Å². The van der Waals surface area contributed by atoms with Gasteiger partial charge >= 0.3 is 0 Å². The molecule has 0 aliphatic heterocycles. The van der Waals surface area contributed by atoms with Gasteiger partial charge < -0.3 is 26.1 Å². The Morgan fingerprint density at radius 3 is 2.56 bits per heavy atom. The van der Waals surface area contributed by atoms with E-state index in [0.29, 0.717) is 24.3 Å². The number of methoxy groups -OCH3 is 1. The summed E-state index contributed by atoms with van der Waals surface area (Å²) in [7, 11) is 1.59. The summed E-state index contributed by atoms with van der Waals surface area (Å²) in [5.41, 5.74) is 5.62. The molecule has 1 atom stereocenters. The smallest absolute Gasteiger partial charge is 0.268 e. The summed E-state index contributed by atoms with van der Waals surface area (Å²) >= 11 is 3.51. The maximum atomic E-state index is 13.1. The Balaban J connectivity index is 1.50. The molecule has 2 aromatic rings. The van der Waals surface area contributed by atoms with E-state index in [2.05, 4.69) is 31.5 Å². The number of primary amides is 1. The summed E-state index contributed by atoms with van der Waals surface area (Å²) in [4.78, 5) is 40.9. The van der Waals surface area contributed by atoms with Gasteiger partial charge in [-0.15, -0.1) is 0 Å². The van der Waals surface area contributed by atoms with Gasteiger partial charge in [0.15, 0.2) is 0 Å². The van der Waals surface area contributed by atoms with Crippen LogP contribution >= 0.6 is 15.9 Å². The Morgan fingerprint density at radius 1 is 1.25 bits per heavy atom. The summed E-state index contributed by atoms with van der Waals surface area (Å²) in [6.45, 7) is 0.275. The number of aromatic nitrogens is 1. The average molecular weight is 505 g/mol. The van der Waals surface area contributed by atoms with Gasteiger partial charge in [0, 0.05) is 22.4 Å². The third-order valence-corrected chi connectivity index (χ3v) is 7.71. The highest BCUT2D eigenvalue weighted by atomic mass is 79.9. The van der Waals surface area contributed by atoms with Crippen molar-refractivity contribution >= 4 is 44.6 Å². The van der Waals surface area contributed by atoms with E-state index in [1.807, 2.05) is 12.1 Å². The molecule has 1 aromatic carbocycles. The highest BCUT2D eigenvalue weighted by Crippen LogP contribution is 2.41. The van der Waals surface area contributed by atoms with Crippen LogP contribution in [-0.4, -0.2) is 42.4 Å². The lowest BCUT2D eigenvalue weighted by atomic mass is 9.67. The zero-order valence-electron chi connectivity index (χ0n) is 18.1. The number of fused-ring (bicyclic) bond motifs is 1. The van der Waals surface area contributed by atoms with Crippen molar-refractivity contribution in [2.45, 2.75) is 51.0 Å². The van der Waals surface area contributed by atoms with Crippen molar-refractivity contribution in [2.24, 2.45) is 17.1 Å². The van der Waals surface area contributed by atoms with Crippen LogP contribution in [0.15, 0.2) is 22.7 Å². The van der Waals surface area contributed by atoms with Crippen LogP contribution in [0.5, 0.6) is 5.75 Å². The van der Waals surface area contributed by atoms with Gasteiger partial charge in [0.1, 0.15) is 16.9 Å². The van der Waals surface area contributed by atoms with Crippen molar-refractivity contribution in [1.82, 2.24) is 15.6 Å². The molecular formula is C23H29BrN4O4. The zero-order chi connectivity index (χ0) is 22.9. The monoisotopic (exact) mass is 504 g/mol. The first-order chi connectivity index (χ1) is 15.4. The van der Waals surface area contributed by atoms with Crippen LogP contribution in [0.4, 0.5) is 0 Å². The number of halogens is 1. The molecule has 0 bridgehead atoms. The Bertz CT molecular complexity index is 1040. The molecule has 32 heavy (non-hydrogen) atoms. The van der Waals surface area contributed by atoms with Crippen molar-refractivity contribution in [1.29, 1.82) is 0 Å². The van der Waals surface area contributed by atoms with E-state index in [-0.39, 0.29) is 30.3 Å². The highest BCUT2D eigenvalue weighted by molar-refractivity contribution is 9.10. The van der Waals surface area contributed by atoms with Gasteiger partial charge in [0.2, 0.25) is 11.8 Å². The van der Waals surface area contributed by atoms with Crippen molar-refractivity contribution in [3.05, 3.63) is 28.4 Å². The molecule has 5 N–H and O–H groups in total. The summed E-state index contributed by atoms with van der Waals surface area (Å²) in [6.07, 6.45) is 5.99. The van der Waals surface area contributed by atoms with Crippen molar-refractivity contribution in [3.8, 4) is 5.75 Å². The minimum Gasteiger partial charge on any atom is -0.496 e. The first kappa shape index (κ1) is 22.6. The number of carbonyl (C=O) groups is 3. The van der Waals surface area contributed by atoms with Crippen molar-refractivity contribution in [3.63, 3.8) is 0 Å². The number of nitrogens with two attached hydrogens (primary N) is 1. The second-order valence-electron chi connectivity index (χ2n) is 8.86. The molecule has 2 aliphatic rings. The lowest BCUT2D eigenvalue weighted by Gasteiger charge is -2.37. The molecule has 1 unspecified atom stereocenters. The van der Waals surface area contributed by atoms with Gasteiger partial charge in [-0.1, -0.05) is 19.3 Å². The van der Waals surface area contributed by atoms with Crippen LogP contribution in [0.1, 0.15) is 55.4 Å². The summed E-state index contributed by atoms with van der Waals surface area (Å²) in [5.74, 6) is -0.186. The fourth-order valence-electron chi connectivity index (χ4n) is 4.89. The largest absolute Gasteiger partial charge is 0.496 e. The fraction of sp³-hybridized carbons (Fsp3) is 0.522. The third kappa shape index (κ3) is 4.10. The highest BCUT2D eigenvalue weighted by Gasteiger charge is 2.49. The zero-order valence-corrected chi connectivity index (χ0v) is 19.7. The SMILES string of the molecule is COc1ccc(Br)c2[nH]c(C(=O)NC(CNC(=O)C3(C(N)=O)CCC3)C3CCCC3)cc12. The summed E-state index contributed by atoms with van der Waals surface area (Å²) in [5, 5.41) is 6.82. The molecule has 9 heteroatoms. The van der Waals surface area contributed by atoms with Crippen LogP contribution in [0.3, 0.4) is 0 Å². The second-order valence-corrected chi connectivity index (χ2v) is 9.71. The van der Waals surface area contributed by atoms with E-state index in [0.717, 1.165) is 47.5 Å². The Kier molecular flexibility index (Phi) is 6.46. The van der Waals surface area contributed by atoms with Crippen molar-refractivity contribution in [2.75, 3.05) is 13.7 Å². The average Bonchev–Trinajstić information content (AvgIpc) is 3.41. The maximum absolute atomic E-state index is 13.1. The van der Waals surface area contributed by atoms with Gasteiger partial charge in [-0.2, -0.15) is 0 Å². The lowest BCUT2D eigenvalue weighted by Crippen LogP contribution is -2.56.